The van der Waals surface area contributed by atoms with Crippen molar-refractivity contribution in [1.29, 1.82) is 0 Å². The standard InChI is InChI=1S/C18H21N5O/c1-13-20-16-11-14(6-7-17(16)21(13)2)18(24)23-10-3-5-15(23)12-22-9-4-8-19-22/h4,6-9,11,15H,3,5,10,12H2,1-2H3. The highest BCUT2D eigenvalue weighted by Crippen LogP contribution is 2.23. The lowest BCUT2D eigenvalue weighted by Crippen LogP contribution is -2.38. The summed E-state index contributed by atoms with van der Waals surface area (Å²) in [4.78, 5) is 19.5. The van der Waals surface area contributed by atoms with Crippen molar-refractivity contribution in [2.24, 2.45) is 7.05 Å². The minimum Gasteiger partial charge on any atom is -0.334 e. The molecule has 6 nitrogen and oxygen atoms in total. The Kier molecular flexibility index (Phi) is 3.59. The van der Waals surface area contributed by atoms with Crippen LogP contribution in [-0.2, 0) is 13.6 Å². The second-order valence-corrected chi connectivity index (χ2v) is 6.44. The molecule has 0 spiro atoms. The van der Waals surface area contributed by atoms with Crippen molar-refractivity contribution in [1.82, 2.24) is 24.2 Å². The maximum absolute atomic E-state index is 13.0. The number of hydrogen-bond acceptors (Lipinski definition) is 3. The van der Waals surface area contributed by atoms with Gasteiger partial charge in [0.15, 0.2) is 0 Å². The van der Waals surface area contributed by atoms with Gasteiger partial charge in [0.1, 0.15) is 5.82 Å². The highest BCUT2D eigenvalue weighted by molar-refractivity contribution is 5.97. The molecule has 1 atom stereocenters. The molecule has 24 heavy (non-hydrogen) atoms. The van der Waals surface area contributed by atoms with Crippen molar-refractivity contribution in [2.75, 3.05) is 6.54 Å². The maximum Gasteiger partial charge on any atom is 0.254 e. The summed E-state index contributed by atoms with van der Waals surface area (Å²) >= 11 is 0. The largest absolute Gasteiger partial charge is 0.334 e. The number of likely N-dealkylation sites (tertiary alicyclic amines) is 1. The lowest BCUT2D eigenvalue weighted by molar-refractivity contribution is 0.0722. The van der Waals surface area contributed by atoms with Gasteiger partial charge in [0.05, 0.1) is 23.6 Å². The molecule has 3 heterocycles. The number of nitrogens with zero attached hydrogens (tertiary/aromatic N) is 5. The van der Waals surface area contributed by atoms with Crippen LogP contribution >= 0.6 is 0 Å². The molecule has 0 aliphatic carbocycles. The number of aromatic nitrogens is 4. The lowest BCUT2D eigenvalue weighted by Gasteiger charge is -2.24. The highest BCUT2D eigenvalue weighted by Gasteiger charge is 2.30. The maximum atomic E-state index is 13.0. The van der Waals surface area contributed by atoms with Gasteiger partial charge in [-0.3, -0.25) is 9.48 Å². The van der Waals surface area contributed by atoms with Gasteiger partial charge in [0, 0.05) is 31.5 Å². The van der Waals surface area contributed by atoms with Gasteiger partial charge in [-0.05, 0) is 44.0 Å². The first kappa shape index (κ1) is 14.9. The van der Waals surface area contributed by atoms with E-state index in [0.29, 0.717) is 5.56 Å². The van der Waals surface area contributed by atoms with Crippen LogP contribution in [0.1, 0.15) is 29.0 Å². The molecule has 3 aromatic rings. The summed E-state index contributed by atoms with van der Waals surface area (Å²) in [6, 6.07) is 7.93. The van der Waals surface area contributed by atoms with Crippen molar-refractivity contribution in [3.63, 3.8) is 0 Å². The van der Waals surface area contributed by atoms with Gasteiger partial charge < -0.3 is 9.47 Å². The van der Waals surface area contributed by atoms with E-state index in [1.54, 1.807) is 6.20 Å². The SMILES string of the molecule is Cc1nc2cc(C(=O)N3CCCC3Cn3cccn3)ccc2n1C. The molecule has 1 aromatic carbocycles. The van der Waals surface area contributed by atoms with E-state index in [1.165, 1.54) is 0 Å². The predicted octanol–water partition coefficient (Wildman–Crippen LogP) is 2.38. The van der Waals surface area contributed by atoms with Gasteiger partial charge in [-0.15, -0.1) is 0 Å². The van der Waals surface area contributed by atoms with Crippen molar-refractivity contribution in [3.05, 3.63) is 48.0 Å². The molecule has 1 fully saturated rings. The third-order valence-electron chi connectivity index (χ3n) is 4.95. The molecule has 0 saturated carbocycles. The van der Waals surface area contributed by atoms with E-state index in [0.717, 1.165) is 42.8 Å². The zero-order chi connectivity index (χ0) is 16.7. The zero-order valence-electron chi connectivity index (χ0n) is 14.0. The van der Waals surface area contributed by atoms with Gasteiger partial charge in [-0.2, -0.15) is 5.10 Å². The Bertz CT molecular complexity index is 880. The van der Waals surface area contributed by atoms with E-state index < -0.39 is 0 Å². The number of rotatable bonds is 3. The van der Waals surface area contributed by atoms with E-state index in [-0.39, 0.29) is 11.9 Å². The molecule has 124 valence electrons. The summed E-state index contributed by atoms with van der Waals surface area (Å²) in [6.45, 7) is 3.54. The smallest absolute Gasteiger partial charge is 0.254 e. The number of aryl methyl sites for hydroxylation is 2. The number of carbonyl (C=O) groups is 1. The van der Waals surface area contributed by atoms with Gasteiger partial charge in [0.25, 0.3) is 5.91 Å². The van der Waals surface area contributed by atoms with Gasteiger partial charge in [-0.1, -0.05) is 0 Å². The Morgan fingerprint density at radius 2 is 2.25 bits per heavy atom. The quantitative estimate of drug-likeness (QED) is 0.743. The molecule has 4 rings (SSSR count). The summed E-state index contributed by atoms with van der Waals surface area (Å²) < 4.78 is 3.95. The first-order valence-corrected chi connectivity index (χ1v) is 8.35. The van der Waals surface area contributed by atoms with Crippen molar-refractivity contribution >= 4 is 16.9 Å². The fraction of sp³-hybridized carbons (Fsp3) is 0.389. The number of benzene rings is 1. The van der Waals surface area contributed by atoms with E-state index in [4.69, 9.17) is 0 Å². The molecule has 0 radical (unpaired) electrons. The molecule has 1 unspecified atom stereocenters. The Morgan fingerprint density at radius 3 is 3.04 bits per heavy atom. The van der Waals surface area contributed by atoms with Crippen LogP contribution in [0.2, 0.25) is 0 Å². The number of carbonyl (C=O) groups excluding carboxylic acids is 1. The first-order valence-electron chi connectivity index (χ1n) is 8.35. The molecule has 1 aliphatic heterocycles. The van der Waals surface area contributed by atoms with Crippen LogP contribution in [0.5, 0.6) is 0 Å². The number of imidazole rings is 1. The minimum absolute atomic E-state index is 0.0925. The minimum atomic E-state index is 0.0925. The second kappa shape index (κ2) is 5.78. The fourth-order valence-electron chi connectivity index (χ4n) is 3.54. The van der Waals surface area contributed by atoms with Crippen LogP contribution < -0.4 is 0 Å². The molecule has 2 aromatic heterocycles. The number of hydrogen-bond donors (Lipinski definition) is 0. The molecular weight excluding hydrogens is 302 g/mol. The predicted molar refractivity (Wildman–Crippen MR) is 91.7 cm³/mol. The third-order valence-corrected chi connectivity index (χ3v) is 4.95. The summed E-state index contributed by atoms with van der Waals surface area (Å²) in [5, 5.41) is 4.27. The zero-order valence-corrected chi connectivity index (χ0v) is 14.0. The van der Waals surface area contributed by atoms with Gasteiger partial charge in [0.2, 0.25) is 0 Å². The summed E-state index contributed by atoms with van der Waals surface area (Å²) in [6.07, 6.45) is 5.79. The van der Waals surface area contributed by atoms with Crippen LogP contribution in [-0.4, -0.2) is 42.7 Å². The molecule has 6 heteroatoms. The monoisotopic (exact) mass is 323 g/mol. The molecule has 1 amide bonds. The van der Waals surface area contributed by atoms with E-state index in [2.05, 4.69) is 10.1 Å². The molecular formula is C18H21N5O. The van der Waals surface area contributed by atoms with E-state index in [9.17, 15) is 4.79 Å². The Hall–Kier alpha value is -2.63. The van der Waals surface area contributed by atoms with Crippen LogP contribution in [0.3, 0.4) is 0 Å². The second-order valence-electron chi connectivity index (χ2n) is 6.44. The third kappa shape index (κ3) is 2.48. The molecule has 0 N–H and O–H groups in total. The lowest BCUT2D eigenvalue weighted by atomic mass is 10.1. The Balaban J connectivity index is 1.60. The highest BCUT2D eigenvalue weighted by atomic mass is 16.2. The Morgan fingerprint density at radius 1 is 1.38 bits per heavy atom. The van der Waals surface area contributed by atoms with Crippen LogP contribution in [0, 0.1) is 6.92 Å². The number of fused-ring (bicyclic) bond motifs is 1. The summed E-state index contributed by atoms with van der Waals surface area (Å²) in [5.74, 6) is 1.04. The molecule has 0 bridgehead atoms. The summed E-state index contributed by atoms with van der Waals surface area (Å²) in [5.41, 5.74) is 2.65. The Labute approximate surface area is 140 Å². The van der Waals surface area contributed by atoms with Crippen molar-refractivity contribution in [3.8, 4) is 0 Å². The topological polar surface area (TPSA) is 56.0 Å². The average molecular weight is 323 g/mol. The average Bonchev–Trinajstić information content (AvgIpc) is 3.30. The summed E-state index contributed by atoms with van der Waals surface area (Å²) in [7, 11) is 1.99. The fourth-order valence-corrected chi connectivity index (χ4v) is 3.54. The van der Waals surface area contributed by atoms with Gasteiger partial charge in [-0.25, -0.2) is 4.98 Å². The van der Waals surface area contributed by atoms with Crippen molar-refractivity contribution < 1.29 is 4.79 Å². The van der Waals surface area contributed by atoms with Crippen LogP contribution in [0.4, 0.5) is 0 Å². The number of amides is 1. The van der Waals surface area contributed by atoms with Crippen LogP contribution in [0.25, 0.3) is 11.0 Å². The van der Waals surface area contributed by atoms with Crippen molar-refractivity contribution in [2.45, 2.75) is 32.4 Å². The van der Waals surface area contributed by atoms with Crippen LogP contribution in [0.15, 0.2) is 36.7 Å². The normalized spacial score (nSPS) is 17.8. The first-order chi connectivity index (χ1) is 11.6. The van der Waals surface area contributed by atoms with Gasteiger partial charge >= 0.3 is 0 Å². The molecule has 1 aliphatic rings. The van der Waals surface area contributed by atoms with E-state index in [1.807, 2.05) is 58.6 Å². The molecule has 1 saturated heterocycles. The van der Waals surface area contributed by atoms with E-state index >= 15 is 0 Å².